The second-order valence-corrected chi connectivity index (χ2v) is 6.84. The lowest BCUT2D eigenvalue weighted by molar-refractivity contribution is 0.260. The number of hydrogen-bond donors (Lipinski definition) is 2. The maximum Gasteiger partial charge on any atom is 0.191 e. The summed E-state index contributed by atoms with van der Waals surface area (Å²) in [4.78, 5) is 8.18. The van der Waals surface area contributed by atoms with E-state index in [0.29, 0.717) is 18.1 Å². The first-order valence-electron chi connectivity index (χ1n) is 8.22. The molecule has 0 amide bonds. The second kappa shape index (κ2) is 10.1. The molecule has 0 fully saturated rings. The summed E-state index contributed by atoms with van der Waals surface area (Å²) in [5.41, 5.74) is 2.11. The Balaban J connectivity index is 0.00000225. The summed E-state index contributed by atoms with van der Waals surface area (Å²) in [5, 5.41) is 8.64. The van der Waals surface area contributed by atoms with E-state index in [1.807, 2.05) is 17.4 Å². The van der Waals surface area contributed by atoms with E-state index in [0.717, 1.165) is 32.6 Å². The number of guanidine groups is 1. The Morgan fingerprint density at radius 2 is 2.12 bits per heavy atom. The van der Waals surface area contributed by atoms with Crippen LogP contribution < -0.4 is 10.6 Å². The van der Waals surface area contributed by atoms with Crippen LogP contribution in [0.5, 0.6) is 0 Å². The molecule has 0 aliphatic carbocycles. The molecule has 1 aliphatic heterocycles. The first-order valence-corrected chi connectivity index (χ1v) is 9.10. The molecule has 0 saturated carbocycles. The lowest BCUT2D eigenvalue weighted by atomic mass is 10.1. The third-order valence-electron chi connectivity index (χ3n) is 4.23. The standard InChI is InChI=1S/C18H23FN4S.HI/c1-20-18(22-12-14-4-2-3-5-16(14)19)21-8-10-23-9-6-17-15(13-23)7-11-24-17;/h2-5,7,11H,6,8-10,12-13H2,1H3,(H2,20,21,22);1H. The normalized spacial score (nSPS) is 14.6. The molecule has 0 atom stereocenters. The number of nitrogens with one attached hydrogen (secondary N) is 2. The molecule has 1 aliphatic rings. The molecule has 0 unspecified atom stereocenters. The van der Waals surface area contributed by atoms with E-state index >= 15 is 0 Å². The number of benzene rings is 1. The molecule has 2 N–H and O–H groups in total. The van der Waals surface area contributed by atoms with Gasteiger partial charge in [-0.25, -0.2) is 4.39 Å². The first-order chi connectivity index (χ1) is 11.8. The van der Waals surface area contributed by atoms with Gasteiger partial charge in [-0.15, -0.1) is 35.3 Å². The van der Waals surface area contributed by atoms with Gasteiger partial charge in [0.15, 0.2) is 5.96 Å². The van der Waals surface area contributed by atoms with E-state index in [-0.39, 0.29) is 29.8 Å². The van der Waals surface area contributed by atoms with Crippen molar-refractivity contribution in [3.63, 3.8) is 0 Å². The fourth-order valence-electron chi connectivity index (χ4n) is 2.87. The van der Waals surface area contributed by atoms with Crippen molar-refractivity contribution in [2.45, 2.75) is 19.5 Å². The molecular weight excluding hydrogens is 450 g/mol. The minimum absolute atomic E-state index is 0. The highest BCUT2D eigenvalue weighted by atomic mass is 127. The summed E-state index contributed by atoms with van der Waals surface area (Å²) in [6.45, 7) is 4.35. The Labute approximate surface area is 169 Å². The number of aliphatic imine (C=N–C) groups is 1. The molecule has 0 bridgehead atoms. The molecule has 4 nitrogen and oxygen atoms in total. The van der Waals surface area contributed by atoms with Gasteiger partial charge < -0.3 is 10.6 Å². The Bertz CT molecular complexity index is 704. The smallest absolute Gasteiger partial charge is 0.191 e. The average molecular weight is 474 g/mol. The average Bonchev–Trinajstić information content (AvgIpc) is 3.07. The van der Waals surface area contributed by atoms with Crippen LogP contribution in [0.3, 0.4) is 0 Å². The van der Waals surface area contributed by atoms with E-state index < -0.39 is 0 Å². The SMILES string of the molecule is CN=C(NCCN1CCc2sccc2C1)NCc1ccccc1F.I. The monoisotopic (exact) mass is 474 g/mol. The number of rotatable bonds is 5. The third kappa shape index (κ3) is 5.65. The predicted octanol–water partition coefficient (Wildman–Crippen LogP) is 3.23. The van der Waals surface area contributed by atoms with Crippen LogP contribution in [0.4, 0.5) is 4.39 Å². The van der Waals surface area contributed by atoms with E-state index in [1.165, 1.54) is 16.5 Å². The quantitative estimate of drug-likeness (QED) is 0.397. The van der Waals surface area contributed by atoms with E-state index in [1.54, 1.807) is 19.2 Å². The first kappa shape index (κ1) is 20.1. The van der Waals surface area contributed by atoms with Crippen LogP contribution >= 0.6 is 35.3 Å². The maximum absolute atomic E-state index is 13.6. The van der Waals surface area contributed by atoms with Crippen LogP contribution in [0.15, 0.2) is 40.7 Å². The minimum Gasteiger partial charge on any atom is -0.355 e. The number of thiophene rings is 1. The molecule has 25 heavy (non-hydrogen) atoms. The molecule has 0 saturated heterocycles. The predicted molar refractivity (Wildman–Crippen MR) is 113 cm³/mol. The van der Waals surface area contributed by atoms with Gasteiger partial charge in [-0.05, 0) is 29.5 Å². The summed E-state index contributed by atoms with van der Waals surface area (Å²) < 4.78 is 13.6. The highest BCUT2D eigenvalue weighted by Gasteiger charge is 2.16. The molecule has 3 rings (SSSR count). The van der Waals surface area contributed by atoms with Gasteiger partial charge in [-0.1, -0.05) is 18.2 Å². The minimum atomic E-state index is -0.194. The second-order valence-electron chi connectivity index (χ2n) is 5.84. The van der Waals surface area contributed by atoms with Crippen LogP contribution in [0, 0.1) is 5.82 Å². The molecule has 7 heteroatoms. The van der Waals surface area contributed by atoms with Gasteiger partial charge in [0, 0.05) is 50.2 Å². The van der Waals surface area contributed by atoms with Gasteiger partial charge in [0.05, 0.1) is 0 Å². The lowest BCUT2D eigenvalue weighted by Gasteiger charge is -2.27. The van der Waals surface area contributed by atoms with Crippen molar-refractivity contribution in [1.29, 1.82) is 0 Å². The Morgan fingerprint density at radius 1 is 1.28 bits per heavy atom. The zero-order valence-corrected chi connectivity index (χ0v) is 17.4. The van der Waals surface area contributed by atoms with Crippen molar-refractivity contribution < 1.29 is 4.39 Å². The molecule has 2 aromatic rings. The van der Waals surface area contributed by atoms with Gasteiger partial charge in [0.2, 0.25) is 0 Å². The Morgan fingerprint density at radius 3 is 2.92 bits per heavy atom. The molecule has 2 heterocycles. The number of halogens is 2. The lowest BCUT2D eigenvalue weighted by Crippen LogP contribution is -2.42. The molecule has 1 aromatic heterocycles. The van der Waals surface area contributed by atoms with Crippen LogP contribution in [-0.2, 0) is 19.5 Å². The van der Waals surface area contributed by atoms with E-state index in [2.05, 4.69) is 32.0 Å². The third-order valence-corrected chi connectivity index (χ3v) is 5.26. The van der Waals surface area contributed by atoms with Crippen molar-refractivity contribution in [1.82, 2.24) is 15.5 Å². The van der Waals surface area contributed by atoms with Crippen molar-refractivity contribution in [2.75, 3.05) is 26.7 Å². The molecule has 1 aromatic carbocycles. The summed E-state index contributed by atoms with van der Waals surface area (Å²) in [6.07, 6.45) is 1.15. The largest absolute Gasteiger partial charge is 0.355 e. The Kier molecular flexibility index (Phi) is 8.11. The summed E-state index contributed by atoms with van der Waals surface area (Å²) in [5.74, 6) is 0.506. The van der Waals surface area contributed by atoms with Gasteiger partial charge in [-0.2, -0.15) is 0 Å². The van der Waals surface area contributed by atoms with Crippen LogP contribution in [0.25, 0.3) is 0 Å². The topological polar surface area (TPSA) is 39.7 Å². The van der Waals surface area contributed by atoms with Gasteiger partial charge in [0.25, 0.3) is 0 Å². The van der Waals surface area contributed by atoms with E-state index in [4.69, 9.17) is 0 Å². The fourth-order valence-corrected chi connectivity index (χ4v) is 3.76. The van der Waals surface area contributed by atoms with Crippen LogP contribution in [0.2, 0.25) is 0 Å². The maximum atomic E-state index is 13.6. The van der Waals surface area contributed by atoms with Gasteiger partial charge in [-0.3, -0.25) is 9.89 Å². The van der Waals surface area contributed by atoms with Gasteiger partial charge >= 0.3 is 0 Å². The van der Waals surface area contributed by atoms with Crippen molar-refractivity contribution in [2.24, 2.45) is 4.99 Å². The number of nitrogens with zero attached hydrogens (tertiary/aromatic N) is 2. The summed E-state index contributed by atoms with van der Waals surface area (Å²) in [7, 11) is 1.73. The Hall–Kier alpha value is -1.19. The molecular formula is C18H24FIN4S. The molecule has 0 spiro atoms. The fraction of sp³-hybridized carbons (Fsp3) is 0.389. The highest BCUT2D eigenvalue weighted by molar-refractivity contribution is 14.0. The number of fused-ring (bicyclic) bond motifs is 1. The molecule has 0 radical (unpaired) electrons. The highest BCUT2D eigenvalue weighted by Crippen LogP contribution is 2.23. The zero-order valence-electron chi connectivity index (χ0n) is 14.3. The zero-order chi connectivity index (χ0) is 16.8. The summed E-state index contributed by atoms with van der Waals surface area (Å²) >= 11 is 1.86. The van der Waals surface area contributed by atoms with Crippen molar-refractivity contribution in [3.8, 4) is 0 Å². The van der Waals surface area contributed by atoms with Crippen molar-refractivity contribution >= 4 is 41.3 Å². The van der Waals surface area contributed by atoms with E-state index in [9.17, 15) is 4.39 Å². The van der Waals surface area contributed by atoms with Crippen LogP contribution in [0.1, 0.15) is 16.0 Å². The number of hydrogen-bond acceptors (Lipinski definition) is 3. The molecule has 136 valence electrons. The van der Waals surface area contributed by atoms with Crippen molar-refractivity contribution in [3.05, 3.63) is 57.5 Å². The van der Waals surface area contributed by atoms with Crippen LogP contribution in [-0.4, -0.2) is 37.5 Å². The summed E-state index contributed by atoms with van der Waals surface area (Å²) in [6, 6.07) is 9.02. The van der Waals surface area contributed by atoms with Gasteiger partial charge in [0.1, 0.15) is 5.82 Å².